The first kappa shape index (κ1) is 15.4. The van der Waals surface area contributed by atoms with Crippen molar-refractivity contribution >= 4 is 14.0 Å². The molecule has 0 amide bonds. The van der Waals surface area contributed by atoms with Crippen LogP contribution >= 0.6 is 0 Å². The van der Waals surface area contributed by atoms with Gasteiger partial charge in [0.1, 0.15) is 0 Å². The second-order valence-electron chi connectivity index (χ2n) is 6.15. The molecule has 0 aromatic carbocycles. The number of carbonyl (C=O) groups is 1. The van der Waals surface area contributed by atoms with Gasteiger partial charge in [-0.05, 0) is 24.8 Å². The van der Waals surface area contributed by atoms with Gasteiger partial charge in [0.15, 0.2) is 0 Å². The Bertz CT molecular complexity index is 262. The molecule has 0 radical (unpaired) electrons. The molecular formula is C13H26O2Si. The lowest BCUT2D eigenvalue weighted by molar-refractivity contribution is -0.139. The Balaban J connectivity index is 3.92. The molecule has 16 heavy (non-hydrogen) atoms. The van der Waals surface area contributed by atoms with Gasteiger partial charge < -0.3 is 4.74 Å². The molecule has 0 heterocycles. The normalized spacial score (nSPS) is 12.4. The summed E-state index contributed by atoms with van der Waals surface area (Å²) in [6.07, 6.45) is 2.06. The van der Waals surface area contributed by atoms with Crippen LogP contribution in [0.3, 0.4) is 0 Å². The number of esters is 1. The van der Waals surface area contributed by atoms with Crippen molar-refractivity contribution in [3.8, 4) is 0 Å². The molecule has 0 aliphatic rings. The van der Waals surface area contributed by atoms with Gasteiger partial charge in [0.05, 0.1) is 6.61 Å². The van der Waals surface area contributed by atoms with Gasteiger partial charge in [-0.15, -0.1) is 0 Å². The molecule has 0 spiro atoms. The minimum absolute atomic E-state index is 0.272. The van der Waals surface area contributed by atoms with E-state index in [1.165, 1.54) is 0 Å². The average molecular weight is 242 g/mol. The van der Waals surface area contributed by atoms with Gasteiger partial charge in [-0.2, -0.15) is 0 Å². The summed E-state index contributed by atoms with van der Waals surface area (Å²) in [5.74, 6) is -0.272. The van der Waals surface area contributed by atoms with Crippen LogP contribution in [0, 0.1) is 0 Å². The van der Waals surface area contributed by atoms with Gasteiger partial charge in [0.25, 0.3) is 0 Å². The molecule has 0 aliphatic heterocycles. The predicted octanol–water partition coefficient (Wildman–Crippen LogP) is 4.00. The number of rotatable bonds is 6. The van der Waals surface area contributed by atoms with E-state index < -0.39 is 8.07 Å². The smallest absolute Gasteiger partial charge is 0.333 e. The van der Waals surface area contributed by atoms with Crippen LogP contribution < -0.4 is 0 Å². The second kappa shape index (κ2) is 5.67. The van der Waals surface area contributed by atoms with Gasteiger partial charge in [0.2, 0.25) is 0 Å². The van der Waals surface area contributed by atoms with Crippen molar-refractivity contribution in [2.24, 2.45) is 0 Å². The third kappa shape index (κ3) is 4.97. The summed E-state index contributed by atoms with van der Waals surface area (Å²) in [7, 11) is -1.14. The minimum Gasteiger partial charge on any atom is -0.462 e. The molecule has 0 rings (SSSR count). The highest BCUT2D eigenvalue weighted by Crippen LogP contribution is 2.41. The number of hydrogen-bond donors (Lipinski definition) is 0. The number of carbonyl (C=O) groups excluding carboxylic acids is 1. The summed E-state index contributed by atoms with van der Waals surface area (Å²) in [4.78, 5) is 11.2. The highest BCUT2D eigenvalue weighted by atomic mass is 28.3. The third-order valence-corrected chi connectivity index (χ3v) is 7.87. The molecule has 0 aliphatic carbocycles. The average Bonchev–Trinajstić information content (AvgIpc) is 2.09. The second-order valence-corrected chi connectivity index (χ2v) is 12.0. The van der Waals surface area contributed by atoms with Crippen molar-refractivity contribution in [1.29, 1.82) is 0 Å². The van der Waals surface area contributed by atoms with Crippen LogP contribution in [0.5, 0.6) is 0 Å². The van der Waals surface area contributed by atoms with Crippen LogP contribution in [-0.4, -0.2) is 20.7 Å². The fourth-order valence-electron chi connectivity index (χ4n) is 1.18. The zero-order chi connectivity index (χ0) is 13.0. The largest absolute Gasteiger partial charge is 0.462 e. The molecule has 0 unspecified atom stereocenters. The van der Waals surface area contributed by atoms with Crippen molar-refractivity contribution in [2.75, 3.05) is 6.61 Å². The fraction of sp³-hybridized carbons (Fsp3) is 0.769. The fourth-order valence-corrected chi connectivity index (χ4v) is 2.10. The van der Waals surface area contributed by atoms with Crippen LogP contribution in [0.2, 0.25) is 24.7 Å². The van der Waals surface area contributed by atoms with E-state index in [-0.39, 0.29) is 5.97 Å². The van der Waals surface area contributed by atoms with Crippen molar-refractivity contribution in [1.82, 2.24) is 0 Å². The topological polar surface area (TPSA) is 26.3 Å². The molecule has 0 bridgehead atoms. The van der Waals surface area contributed by atoms with Gasteiger partial charge in [-0.25, -0.2) is 4.79 Å². The van der Waals surface area contributed by atoms with E-state index in [9.17, 15) is 4.79 Å². The SMILES string of the molecule is C=C(C)C(=O)OCCCC(C)(C)[Si](C)(C)C. The molecule has 3 heteroatoms. The van der Waals surface area contributed by atoms with Gasteiger partial charge in [0, 0.05) is 13.6 Å². The quantitative estimate of drug-likeness (QED) is 0.304. The Morgan fingerprint density at radius 1 is 1.31 bits per heavy atom. The summed E-state index contributed by atoms with van der Waals surface area (Å²) in [6.45, 7) is 17.5. The van der Waals surface area contributed by atoms with Crippen LogP contribution in [0.4, 0.5) is 0 Å². The maximum atomic E-state index is 11.2. The lowest BCUT2D eigenvalue weighted by Crippen LogP contribution is -2.35. The predicted molar refractivity (Wildman–Crippen MR) is 72.4 cm³/mol. The monoisotopic (exact) mass is 242 g/mol. The van der Waals surface area contributed by atoms with Gasteiger partial charge in [-0.3, -0.25) is 0 Å². The summed E-state index contributed by atoms with van der Waals surface area (Å²) in [6, 6.07) is 0. The van der Waals surface area contributed by atoms with Crippen LogP contribution in [0.15, 0.2) is 12.2 Å². The highest BCUT2D eigenvalue weighted by molar-refractivity contribution is 6.78. The van der Waals surface area contributed by atoms with E-state index in [0.29, 0.717) is 17.2 Å². The van der Waals surface area contributed by atoms with Gasteiger partial charge >= 0.3 is 5.97 Å². The molecule has 94 valence electrons. The molecule has 0 N–H and O–H groups in total. The van der Waals surface area contributed by atoms with E-state index in [1.807, 2.05) is 0 Å². The summed E-state index contributed by atoms with van der Waals surface area (Å²) >= 11 is 0. The molecular weight excluding hydrogens is 216 g/mol. The third-order valence-electron chi connectivity index (χ3n) is 3.56. The first-order valence-corrected chi connectivity index (χ1v) is 9.40. The first-order chi connectivity index (χ1) is 7.08. The molecule has 0 atom stereocenters. The lowest BCUT2D eigenvalue weighted by atomic mass is 10.1. The number of hydrogen-bond acceptors (Lipinski definition) is 2. The van der Waals surface area contributed by atoms with E-state index in [1.54, 1.807) is 6.92 Å². The van der Waals surface area contributed by atoms with E-state index >= 15 is 0 Å². The highest BCUT2D eigenvalue weighted by Gasteiger charge is 2.33. The number of ether oxygens (including phenoxy) is 1. The standard InChI is InChI=1S/C13H26O2Si/c1-11(2)12(14)15-10-8-9-13(3,4)16(5,6)7/h1,8-10H2,2-7H3. The van der Waals surface area contributed by atoms with E-state index in [2.05, 4.69) is 40.1 Å². The Hall–Kier alpha value is -0.573. The van der Waals surface area contributed by atoms with Gasteiger partial charge in [-0.1, -0.05) is 40.1 Å². The molecule has 0 aromatic rings. The maximum absolute atomic E-state index is 11.2. The Labute approximate surface area is 101 Å². The van der Waals surface area contributed by atoms with Crippen molar-refractivity contribution in [3.63, 3.8) is 0 Å². The summed E-state index contributed by atoms with van der Waals surface area (Å²) in [5, 5.41) is 0.391. The van der Waals surface area contributed by atoms with E-state index in [4.69, 9.17) is 4.74 Å². The molecule has 0 saturated heterocycles. The molecule has 0 saturated carbocycles. The maximum Gasteiger partial charge on any atom is 0.333 e. The van der Waals surface area contributed by atoms with Crippen LogP contribution in [0.25, 0.3) is 0 Å². The summed E-state index contributed by atoms with van der Waals surface area (Å²) < 4.78 is 5.09. The Kier molecular flexibility index (Phi) is 5.46. The van der Waals surface area contributed by atoms with E-state index in [0.717, 1.165) is 12.8 Å². The van der Waals surface area contributed by atoms with Crippen LogP contribution in [-0.2, 0) is 9.53 Å². The zero-order valence-electron chi connectivity index (χ0n) is 11.6. The summed E-state index contributed by atoms with van der Waals surface area (Å²) in [5.41, 5.74) is 0.476. The van der Waals surface area contributed by atoms with Crippen LogP contribution in [0.1, 0.15) is 33.6 Å². The minimum atomic E-state index is -1.14. The van der Waals surface area contributed by atoms with Crippen molar-refractivity contribution in [2.45, 2.75) is 58.3 Å². The Morgan fingerprint density at radius 3 is 2.19 bits per heavy atom. The Morgan fingerprint density at radius 2 is 1.81 bits per heavy atom. The first-order valence-electron chi connectivity index (χ1n) is 5.90. The zero-order valence-corrected chi connectivity index (χ0v) is 12.6. The molecule has 0 aromatic heterocycles. The molecule has 2 nitrogen and oxygen atoms in total. The lowest BCUT2D eigenvalue weighted by Gasteiger charge is -2.37. The van der Waals surface area contributed by atoms with Crippen molar-refractivity contribution in [3.05, 3.63) is 12.2 Å². The molecule has 0 fully saturated rings. The van der Waals surface area contributed by atoms with Crippen molar-refractivity contribution < 1.29 is 9.53 Å².